The van der Waals surface area contributed by atoms with Crippen molar-refractivity contribution in [2.45, 2.75) is 13.1 Å². The third-order valence-electron chi connectivity index (χ3n) is 1.51. The number of hydrogen-bond acceptors (Lipinski definition) is 2. The number of hydrogen-bond donors (Lipinski definition) is 0. The summed E-state index contributed by atoms with van der Waals surface area (Å²) in [6.07, 6.45) is -2.71. The number of carbonyl (C=O) groups is 1. The van der Waals surface area contributed by atoms with Gasteiger partial charge in [0, 0.05) is 18.0 Å². The molecular formula is C8H6F3NO. The summed E-state index contributed by atoms with van der Waals surface area (Å²) in [5.74, 6) is -0.616. The normalized spacial score (nSPS) is 11.4. The van der Waals surface area contributed by atoms with E-state index in [4.69, 9.17) is 0 Å². The first-order valence-electron chi connectivity index (χ1n) is 3.45. The molecule has 5 heteroatoms. The van der Waals surface area contributed by atoms with Crippen molar-refractivity contribution in [1.82, 2.24) is 4.98 Å². The molecule has 0 amide bonds. The molecule has 0 saturated carbocycles. The third-order valence-corrected chi connectivity index (χ3v) is 1.51. The summed E-state index contributed by atoms with van der Waals surface area (Å²) < 4.78 is 36.6. The van der Waals surface area contributed by atoms with Gasteiger partial charge in [-0.05, 0) is 13.0 Å². The van der Waals surface area contributed by atoms with E-state index in [1.165, 1.54) is 0 Å². The molecule has 0 atom stereocenters. The largest absolute Gasteiger partial charge is 0.418 e. The van der Waals surface area contributed by atoms with Crippen LogP contribution in [0.3, 0.4) is 0 Å². The Morgan fingerprint density at radius 2 is 2.08 bits per heavy atom. The molecule has 1 heterocycles. The van der Waals surface area contributed by atoms with Gasteiger partial charge in [-0.15, -0.1) is 0 Å². The summed E-state index contributed by atoms with van der Waals surface area (Å²) in [4.78, 5) is 14.1. The van der Waals surface area contributed by atoms with Gasteiger partial charge in [0.15, 0.2) is 5.78 Å². The molecule has 0 unspecified atom stereocenters. The van der Waals surface area contributed by atoms with E-state index in [9.17, 15) is 18.0 Å². The van der Waals surface area contributed by atoms with Crippen LogP contribution >= 0.6 is 0 Å². The van der Waals surface area contributed by atoms with Gasteiger partial charge in [-0.2, -0.15) is 13.2 Å². The molecule has 0 aliphatic carbocycles. The number of ketones is 1. The first-order valence-corrected chi connectivity index (χ1v) is 3.45. The number of rotatable bonds is 1. The molecule has 0 fully saturated rings. The van der Waals surface area contributed by atoms with Crippen LogP contribution in [0.5, 0.6) is 0 Å². The molecule has 0 aliphatic heterocycles. The minimum atomic E-state index is -4.52. The summed E-state index contributed by atoms with van der Waals surface area (Å²) in [7, 11) is 0. The lowest BCUT2D eigenvalue weighted by molar-refractivity contribution is -0.138. The van der Waals surface area contributed by atoms with E-state index in [-0.39, 0.29) is 5.56 Å². The maximum Gasteiger partial charge on any atom is 0.418 e. The standard InChI is InChI=1S/C8H6F3NO/c1-5(13)6-2-3-12-4-7(6)8(9,10)11/h2-4H,1H3. The van der Waals surface area contributed by atoms with Gasteiger partial charge in [0.05, 0.1) is 5.56 Å². The molecule has 0 aliphatic rings. The highest BCUT2D eigenvalue weighted by Crippen LogP contribution is 2.31. The Kier molecular flexibility index (Phi) is 2.36. The zero-order valence-corrected chi connectivity index (χ0v) is 6.72. The highest BCUT2D eigenvalue weighted by molar-refractivity contribution is 5.95. The van der Waals surface area contributed by atoms with Crippen LogP contribution in [0.4, 0.5) is 13.2 Å². The van der Waals surface area contributed by atoms with Crippen molar-refractivity contribution in [3.8, 4) is 0 Å². The fourth-order valence-corrected chi connectivity index (χ4v) is 0.927. The van der Waals surface area contributed by atoms with E-state index < -0.39 is 17.5 Å². The molecule has 0 saturated heterocycles. The van der Waals surface area contributed by atoms with Crippen LogP contribution in [0.25, 0.3) is 0 Å². The smallest absolute Gasteiger partial charge is 0.294 e. The van der Waals surface area contributed by atoms with Crippen molar-refractivity contribution in [3.05, 3.63) is 29.6 Å². The van der Waals surface area contributed by atoms with Gasteiger partial charge >= 0.3 is 6.18 Å². The minimum absolute atomic E-state index is 0.345. The number of halogens is 3. The van der Waals surface area contributed by atoms with E-state index in [1.54, 1.807) is 0 Å². The first-order chi connectivity index (χ1) is 5.93. The van der Waals surface area contributed by atoms with Gasteiger partial charge < -0.3 is 0 Å². The monoisotopic (exact) mass is 189 g/mol. The van der Waals surface area contributed by atoms with Crippen LogP contribution in [-0.4, -0.2) is 10.8 Å². The van der Waals surface area contributed by atoms with Crippen molar-refractivity contribution in [2.75, 3.05) is 0 Å². The van der Waals surface area contributed by atoms with Crippen LogP contribution in [0.2, 0.25) is 0 Å². The van der Waals surface area contributed by atoms with Gasteiger partial charge in [-0.25, -0.2) is 0 Å². The van der Waals surface area contributed by atoms with Crippen molar-refractivity contribution in [3.63, 3.8) is 0 Å². The summed E-state index contributed by atoms with van der Waals surface area (Å²) >= 11 is 0. The van der Waals surface area contributed by atoms with E-state index in [1.807, 2.05) is 0 Å². The molecule has 0 aromatic carbocycles. The van der Waals surface area contributed by atoms with Crippen molar-refractivity contribution >= 4 is 5.78 Å². The molecule has 1 aromatic heterocycles. The molecule has 70 valence electrons. The third kappa shape index (κ3) is 2.05. The van der Waals surface area contributed by atoms with Gasteiger partial charge in [0.1, 0.15) is 0 Å². The summed E-state index contributed by atoms with van der Waals surface area (Å²) in [6, 6.07) is 1.06. The van der Waals surface area contributed by atoms with Gasteiger partial charge in [-0.3, -0.25) is 9.78 Å². The van der Waals surface area contributed by atoms with Crippen LogP contribution < -0.4 is 0 Å². The number of carbonyl (C=O) groups excluding carboxylic acids is 1. The average Bonchev–Trinajstić information content (AvgIpc) is 2.03. The topological polar surface area (TPSA) is 30.0 Å². The Bertz CT molecular complexity index is 332. The summed E-state index contributed by atoms with van der Waals surface area (Å²) in [5.41, 5.74) is -1.33. The number of nitrogens with zero attached hydrogens (tertiary/aromatic N) is 1. The van der Waals surface area contributed by atoms with E-state index >= 15 is 0 Å². The van der Waals surface area contributed by atoms with Gasteiger partial charge in [0.25, 0.3) is 0 Å². The highest BCUT2D eigenvalue weighted by Gasteiger charge is 2.34. The fraction of sp³-hybridized carbons (Fsp3) is 0.250. The highest BCUT2D eigenvalue weighted by atomic mass is 19.4. The summed E-state index contributed by atoms with van der Waals surface area (Å²) in [5, 5.41) is 0. The maximum atomic E-state index is 12.2. The second kappa shape index (κ2) is 3.16. The SMILES string of the molecule is CC(=O)c1ccncc1C(F)(F)F. The fourth-order valence-electron chi connectivity index (χ4n) is 0.927. The molecular weight excluding hydrogens is 183 g/mol. The van der Waals surface area contributed by atoms with Crippen LogP contribution in [0.1, 0.15) is 22.8 Å². The molecule has 13 heavy (non-hydrogen) atoms. The number of Topliss-reactive ketones (excluding diaryl/α,β-unsaturated/α-hetero) is 1. The zero-order valence-electron chi connectivity index (χ0n) is 6.72. The minimum Gasteiger partial charge on any atom is -0.294 e. The Hall–Kier alpha value is -1.39. The average molecular weight is 189 g/mol. The van der Waals surface area contributed by atoms with Crippen molar-refractivity contribution < 1.29 is 18.0 Å². The lowest BCUT2D eigenvalue weighted by atomic mass is 10.1. The van der Waals surface area contributed by atoms with E-state index in [0.29, 0.717) is 6.20 Å². The number of pyridine rings is 1. The second-order valence-electron chi connectivity index (χ2n) is 2.48. The Balaban J connectivity index is 3.28. The van der Waals surface area contributed by atoms with Gasteiger partial charge in [0.2, 0.25) is 0 Å². The Morgan fingerprint density at radius 3 is 2.46 bits per heavy atom. The van der Waals surface area contributed by atoms with E-state index in [0.717, 1.165) is 19.2 Å². The molecule has 0 bridgehead atoms. The van der Waals surface area contributed by atoms with Crippen molar-refractivity contribution in [2.24, 2.45) is 0 Å². The van der Waals surface area contributed by atoms with E-state index in [2.05, 4.69) is 4.98 Å². The first kappa shape index (κ1) is 9.70. The predicted octanol–water partition coefficient (Wildman–Crippen LogP) is 2.30. The molecule has 0 radical (unpaired) electrons. The Morgan fingerprint density at radius 1 is 1.46 bits per heavy atom. The molecule has 0 N–H and O–H groups in total. The maximum absolute atomic E-state index is 12.2. The number of aromatic nitrogens is 1. The quantitative estimate of drug-likeness (QED) is 0.634. The van der Waals surface area contributed by atoms with Crippen molar-refractivity contribution in [1.29, 1.82) is 0 Å². The lowest BCUT2D eigenvalue weighted by Crippen LogP contribution is -2.11. The van der Waals surface area contributed by atoms with Crippen LogP contribution in [0.15, 0.2) is 18.5 Å². The Labute approximate surface area is 72.4 Å². The van der Waals surface area contributed by atoms with Gasteiger partial charge in [-0.1, -0.05) is 0 Å². The van der Waals surface area contributed by atoms with Crippen LogP contribution in [0, 0.1) is 0 Å². The summed E-state index contributed by atoms with van der Waals surface area (Å²) in [6.45, 7) is 1.09. The number of alkyl halides is 3. The lowest BCUT2D eigenvalue weighted by Gasteiger charge is -2.08. The molecule has 2 nitrogen and oxygen atoms in total. The van der Waals surface area contributed by atoms with Crippen LogP contribution in [-0.2, 0) is 6.18 Å². The second-order valence-corrected chi connectivity index (χ2v) is 2.48. The zero-order chi connectivity index (χ0) is 10.1. The molecule has 0 spiro atoms. The predicted molar refractivity (Wildman–Crippen MR) is 39.2 cm³/mol. The molecule has 1 rings (SSSR count). The molecule has 1 aromatic rings.